The Morgan fingerprint density at radius 3 is 2.55 bits per heavy atom. The molecule has 0 bridgehead atoms. The fourth-order valence-corrected chi connectivity index (χ4v) is 1.32. The third-order valence-corrected chi connectivity index (χ3v) is 2.22. The van der Waals surface area contributed by atoms with Gasteiger partial charge < -0.3 is 4.74 Å². The molecule has 0 aliphatic heterocycles. The van der Waals surface area contributed by atoms with Crippen LogP contribution >= 0.6 is 22.6 Å². The quantitative estimate of drug-likeness (QED) is 0.563. The van der Waals surface area contributed by atoms with Crippen molar-refractivity contribution in [3.63, 3.8) is 0 Å². The predicted molar refractivity (Wildman–Crippen MR) is 45.6 cm³/mol. The van der Waals surface area contributed by atoms with E-state index in [0.717, 1.165) is 6.07 Å². The van der Waals surface area contributed by atoms with Gasteiger partial charge in [0.1, 0.15) is 5.75 Å². The largest absolute Gasteiger partial charge is 0.496 e. The summed E-state index contributed by atoms with van der Waals surface area (Å²) in [6, 6.07) is 2.43. The van der Waals surface area contributed by atoms with E-state index >= 15 is 0 Å². The molecule has 0 spiro atoms. The lowest BCUT2D eigenvalue weighted by atomic mass is 10.3. The monoisotopic (exact) mass is 270 g/mol. The molecule has 1 nitrogen and oxygen atoms in total. The summed E-state index contributed by atoms with van der Waals surface area (Å²) in [5.41, 5.74) is 0. The van der Waals surface area contributed by atoms with Crippen molar-refractivity contribution in [1.29, 1.82) is 0 Å². The van der Waals surface area contributed by atoms with Crippen LogP contribution < -0.4 is 4.74 Å². The zero-order valence-corrected chi connectivity index (χ0v) is 7.85. The molecule has 0 fully saturated rings. The molecule has 11 heavy (non-hydrogen) atoms. The van der Waals surface area contributed by atoms with Crippen LogP contribution in [0.15, 0.2) is 12.1 Å². The lowest BCUT2D eigenvalue weighted by molar-refractivity contribution is 0.401. The van der Waals surface area contributed by atoms with Gasteiger partial charge in [0.25, 0.3) is 0 Å². The Kier molecular flexibility index (Phi) is 2.64. The number of ether oxygens (including phenoxy) is 1. The first-order valence-electron chi connectivity index (χ1n) is 2.84. The van der Waals surface area contributed by atoms with Crippen LogP contribution in [0.1, 0.15) is 0 Å². The summed E-state index contributed by atoms with van der Waals surface area (Å²) in [5, 5.41) is 0. The second-order valence-corrected chi connectivity index (χ2v) is 2.96. The minimum Gasteiger partial charge on any atom is -0.496 e. The van der Waals surface area contributed by atoms with E-state index in [0.29, 0.717) is 5.75 Å². The molecule has 0 N–H and O–H groups in total. The molecule has 1 aromatic carbocycles. The van der Waals surface area contributed by atoms with Crippen molar-refractivity contribution in [3.8, 4) is 5.75 Å². The van der Waals surface area contributed by atoms with Gasteiger partial charge in [-0.1, -0.05) is 0 Å². The average Bonchev–Trinajstić information content (AvgIpc) is 2.01. The number of methoxy groups -OCH3 is 1. The first-order chi connectivity index (χ1) is 5.16. The smallest absolute Gasteiger partial charge is 0.175 e. The number of benzene rings is 1. The fourth-order valence-electron chi connectivity index (χ4n) is 0.666. The molecule has 0 atom stereocenters. The molecule has 0 radical (unpaired) electrons. The van der Waals surface area contributed by atoms with Gasteiger partial charge >= 0.3 is 0 Å². The summed E-state index contributed by atoms with van der Waals surface area (Å²) in [4.78, 5) is 0. The van der Waals surface area contributed by atoms with E-state index < -0.39 is 11.6 Å². The molecule has 4 heteroatoms. The molecule has 0 amide bonds. The van der Waals surface area contributed by atoms with Gasteiger partial charge in [-0.15, -0.1) is 0 Å². The molecule has 0 saturated heterocycles. The zero-order valence-electron chi connectivity index (χ0n) is 5.70. The van der Waals surface area contributed by atoms with Gasteiger partial charge in [0, 0.05) is 0 Å². The lowest BCUT2D eigenvalue weighted by Gasteiger charge is -2.02. The van der Waals surface area contributed by atoms with Crippen molar-refractivity contribution >= 4 is 22.6 Å². The molecule has 0 aliphatic carbocycles. The maximum atomic E-state index is 12.7. The molecule has 1 aromatic rings. The van der Waals surface area contributed by atoms with Crippen molar-refractivity contribution in [2.75, 3.05) is 7.11 Å². The van der Waals surface area contributed by atoms with Gasteiger partial charge in [-0.3, -0.25) is 0 Å². The van der Waals surface area contributed by atoms with Crippen molar-refractivity contribution in [1.82, 2.24) is 0 Å². The van der Waals surface area contributed by atoms with Gasteiger partial charge in [0.15, 0.2) is 11.6 Å². The standard InChI is InChI=1S/C7H5F2IO/c1-11-5-3-2-4(8)6(9)7(5)10/h2-3H,1H3. The van der Waals surface area contributed by atoms with Gasteiger partial charge in [-0.25, -0.2) is 8.78 Å². The Balaban J connectivity index is 3.25. The van der Waals surface area contributed by atoms with Crippen molar-refractivity contribution in [2.45, 2.75) is 0 Å². The fraction of sp³-hybridized carbons (Fsp3) is 0.143. The summed E-state index contributed by atoms with van der Waals surface area (Å²) < 4.78 is 30.1. The molecule has 0 heterocycles. The molecule has 60 valence electrons. The van der Waals surface area contributed by atoms with Crippen LogP contribution in [0.4, 0.5) is 8.78 Å². The van der Waals surface area contributed by atoms with Crippen LogP contribution in [-0.2, 0) is 0 Å². The van der Waals surface area contributed by atoms with Crippen molar-refractivity contribution < 1.29 is 13.5 Å². The predicted octanol–water partition coefficient (Wildman–Crippen LogP) is 2.58. The van der Waals surface area contributed by atoms with E-state index in [9.17, 15) is 8.78 Å². The highest BCUT2D eigenvalue weighted by atomic mass is 127. The summed E-state index contributed by atoms with van der Waals surface area (Å²) in [7, 11) is 1.41. The first-order valence-corrected chi connectivity index (χ1v) is 3.92. The summed E-state index contributed by atoms with van der Waals surface area (Å²) in [6.45, 7) is 0. The van der Waals surface area contributed by atoms with Crippen LogP contribution in [0.5, 0.6) is 5.75 Å². The van der Waals surface area contributed by atoms with Crippen LogP contribution in [0.25, 0.3) is 0 Å². The van der Waals surface area contributed by atoms with Crippen LogP contribution in [0.2, 0.25) is 0 Å². The highest BCUT2D eigenvalue weighted by molar-refractivity contribution is 14.1. The number of hydrogen-bond acceptors (Lipinski definition) is 1. The third-order valence-electron chi connectivity index (χ3n) is 1.22. The molecule has 0 aliphatic rings. The third kappa shape index (κ3) is 1.61. The SMILES string of the molecule is COc1ccc(F)c(F)c1I. The minimum absolute atomic E-state index is 0.171. The topological polar surface area (TPSA) is 9.23 Å². The maximum absolute atomic E-state index is 12.7. The van der Waals surface area contributed by atoms with Crippen LogP contribution in [-0.4, -0.2) is 7.11 Å². The second-order valence-electron chi connectivity index (χ2n) is 1.88. The molecule has 1 rings (SSSR count). The van der Waals surface area contributed by atoms with E-state index in [1.807, 2.05) is 0 Å². The number of rotatable bonds is 1. The minimum atomic E-state index is -0.857. The first kappa shape index (κ1) is 8.70. The zero-order chi connectivity index (χ0) is 8.43. The van der Waals surface area contributed by atoms with E-state index in [1.165, 1.54) is 13.2 Å². The van der Waals surface area contributed by atoms with E-state index in [-0.39, 0.29) is 3.57 Å². The van der Waals surface area contributed by atoms with Gasteiger partial charge in [-0.05, 0) is 34.7 Å². The number of halogens is 3. The van der Waals surface area contributed by atoms with Gasteiger partial charge in [-0.2, -0.15) is 0 Å². The Hall–Kier alpha value is -0.390. The van der Waals surface area contributed by atoms with Gasteiger partial charge in [0.2, 0.25) is 0 Å². The Bertz CT molecular complexity index is 275. The highest BCUT2D eigenvalue weighted by Gasteiger charge is 2.10. The average molecular weight is 270 g/mol. The summed E-state index contributed by atoms with van der Waals surface area (Å²) >= 11 is 1.69. The molecular formula is C7H5F2IO. The van der Waals surface area contributed by atoms with Crippen LogP contribution in [0.3, 0.4) is 0 Å². The van der Waals surface area contributed by atoms with Gasteiger partial charge in [0.05, 0.1) is 10.7 Å². The van der Waals surface area contributed by atoms with E-state index in [2.05, 4.69) is 0 Å². The second kappa shape index (κ2) is 3.34. The molecule has 0 saturated carbocycles. The molecule has 0 unspecified atom stereocenters. The molecule has 0 aromatic heterocycles. The van der Waals surface area contributed by atoms with E-state index in [1.54, 1.807) is 22.6 Å². The molecular weight excluding hydrogens is 265 g/mol. The normalized spacial score (nSPS) is 9.82. The van der Waals surface area contributed by atoms with Crippen LogP contribution in [0, 0.1) is 15.2 Å². The number of hydrogen-bond donors (Lipinski definition) is 0. The Morgan fingerprint density at radius 2 is 2.00 bits per heavy atom. The summed E-state index contributed by atoms with van der Waals surface area (Å²) in [6.07, 6.45) is 0. The summed E-state index contributed by atoms with van der Waals surface area (Å²) in [5.74, 6) is -1.36. The van der Waals surface area contributed by atoms with E-state index in [4.69, 9.17) is 4.74 Å². The Labute approximate surface area is 76.5 Å². The Morgan fingerprint density at radius 1 is 1.36 bits per heavy atom. The van der Waals surface area contributed by atoms with Crippen molar-refractivity contribution in [3.05, 3.63) is 27.3 Å². The highest BCUT2D eigenvalue weighted by Crippen LogP contribution is 2.24. The van der Waals surface area contributed by atoms with Crippen molar-refractivity contribution in [2.24, 2.45) is 0 Å². The maximum Gasteiger partial charge on any atom is 0.175 e. The lowest BCUT2D eigenvalue weighted by Crippen LogP contribution is -1.93.